The van der Waals surface area contributed by atoms with Crippen molar-refractivity contribution >= 4 is 11.9 Å². The van der Waals surface area contributed by atoms with E-state index in [1.54, 1.807) is 14.0 Å². The molecule has 0 aromatic carbocycles. The molecular weight excluding hydrogens is 254 g/mol. The second-order valence-corrected chi connectivity index (χ2v) is 3.83. The molecule has 0 atom stereocenters. The van der Waals surface area contributed by atoms with E-state index in [1.165, 1.54) is 0 Å². The maximum absolute atomic E-state index is 9.24. The van der Waals surface area contributed by atoms with Crippen molar-refractivity contribution in [2.75, 3.05) is 44.1 Å². The molecule has 0 spiro atoms. The molecule has 1 aromatic heterocycles. The number of ether oxygens (including phenoxy) is 1. The molecule has 9 heteroatoms. The summed E-state index contributed by atoms with van der Waals surface area (Å²) >= 11 is 0. The van der Waals surface area contributed by atoms with E-state index in [9.17, 15) is 15.3 Å². The molecule has 108 valence electrons. The van der Waals surface area contributed by atoms with Crippen LogP contribution in [-0.4, -0.2) is 69.3 Å². The quantitative estimate of drug-likeness (QED) is 0.381. The molecule has 0 radical (unpaired) electrons. The van der Waals surface area contributed by atoms with Crippen molar-refractivity contribution < 1.29 is 20.1 Å². The predicted molar refractivity (Wildman–Crippen MR) is 68.2 cm³/mol. The van der Waals surface area contributed by atoms with Gasteiger partial charge in [-0.3, -0.25) is 0 Å². The van der Waals surface area contributed by atoms with Crippen molar-refractivity contribution in [3.8, 4) is 6.01 Å². The lowest BCUT2D eigenvalue weighted by Gasteiger charge is -2.28. The summed E-state index contributed by atoms with van der Waals surface area (Å²) in [6.07, 6.45) is 0. The number of nitrogens with one attached hydrogen (secondary N) is 2. The number of aliphatic hydroxyl groups excluding tert-OH is 3. The monoisotopic (exact) mass is 273 g/mol. The lowest BCUT2D eigenvalue weighted by atomic mass is 10.0. The molecule has 1 aromatic rings. The highest BCUT2D eigenvalue weighted by atomic mass is 16.5. The molecule has 0 aliphatic heterocycles. The third-order valence-corrected chi connectivity index (χ3v) is 2.40. The van der Waals surface area contributed by atoms with Crippen LogP contribution in [0.5, 0.6) is 6.01 Å². The zero-order valence-corrected chi connectivity index (χ0v) is 10.9. The fourth-order valence-corrected chi connectivity index (χ4v) is 1.22. The van der Waals surface area contributed by atoms with Crippen LogP contribution in [0, 0.1) is 0 Å². The second kappa shape index (κ2) is 7.02. The molecule has 0 aliphatic carbocycles. The summed E-state index contributed by atoms with van der Waals surface area (Å²) in [6.45, 7) is 0.729. The van der Waals surface area contributed by atoms with Gasteiger partial charge in [0.15, 0.2) is 0 Å². The van der Waals surface area contributed by atoms with Gasteiger partial charge in [-0.05, 0) is 6.92 Å². The average Bonchev–Trinajstić information content (AvgIpc) is 2.45. The average molecular weight is 273 g/mol. The Labute approximate surface area is 110 Å². The van der Waals surface area contributed by atoms with E-state index < -0.39 is 25.4 Å². The Kier molecular flexibility index (Phi) is 5.67. The van der Waals surface area contributed by atoms with E-state index in [0.717, 1.165) is 0 Å². The SMILES string of the molecule is CCOc1nc(NC)nc(NC(CO)(CO)CO)n1. The second-order valence-electron chi connectivity index (χ2n) is 3.83. The summed E-state index contributed by atoms with van der Waals surface area (Å²) < 4.78 is 5.17. The molecule has 0 amide bonds. The number of nitrogens with zero attached hydrogens (tertiary/aromatic N) is 3. The zero-order chi connectivity index (χ0) is 14.3. The van der Waals surface area contributed by atoms with Gasteiger partial charge in [0.2, 0.25) is 11.9 Å². The van der Waals surface area contributed by atoms with Crippen molar-refractivity contribution in [2.45, 2.75) is 12.5 Å². The molecule has 0 fully saturated rings. The van der Waals surface area contributed by atoms with Gasteiger partial charge in [-0.25, -0.2) is 0 Å². The normalized spacial score (nSPS) is 11.2. The van der Waals surface area contributed by atoms with Gasteiger partial charge in [0.25, 0.3) is 0 Å². The molecule has 1 rings (SSSR count). The highest BCUT2D eigenvalue weighted by Crippen LogP contribution is 2.15. The van der Waals surface area contributed by atoms with E-state index in [4.69, 9.17) is 4.74 Å². The molecule has 0 bridgehead atoms. The molecule has 0 unspecified atom stereocenters. The van der Waals surface area contributed by atoms with E-state index in [1.807, 2.05) is 0 Å². The van der Waals surface area contributed by atoms with Crippen molar-refractivity contribution in [1.82, 2.24) is 15.0 Å². The van der Waals surface area contributed by atoms with Crippen LogP contribution in [-0.2, 0) is 0 Å². The number of hydrogen-bond acceptors (Lipinski definition) is 9. The van der Waals surface area contributed by atoms with Gasteiger partial charge in [-0.2, -0.15) is 15.0 Å². The van der Waals surface area contributed by atoms with Crippen LogP contribution >= 0.6 is 0 Å². The number of rotatable bonds is 8. The van der Waals surface area contributed by atoms with Crippen molar-refractivity contribution in [1.29, 1.82) is 0 Å². The fourth-order valence-electron chi connectivity index (χ4n) is 1.22. The lowest BCUT2D eigenvalue weighted by molar-refractivity contribution is 0.0827. The largest absolute Gasteiger partial charge is 0.464 e. The molecule has 9 nitrogen and oxygen atoms in total. The minimum absolute atomic E-state index is 0.0833. The molecule has 0 aliphatic rings. The highest BCUT2D eigenvalue weighted by Gasteiger charge is 2.29. The van der Waals surface area contributed by atoms with E-state index >= 15 is 0 Å². The smallest absolute Gasteiger partial charge is 0.323 e. The van der Waals surface area contributed by atoms with Gasteiger partial charge in [0.05, 0.1) is 26.4 Å². The summed E-state index contributed by atoms with van der Waals surface area (Å²) in [5, 5.41) is 33.1. The fraction of sp³-hybridized carbons (Fsp3) is 0.700. The van der Waals surface area contributed by atoms with Crippen molar-refractivity contribution in [3.05, 3.63) is 0 Å². The zero-order valence-electron chi connectivity index (χ0n) is 10.9. The van der Waals surface area contributed by atoms with Gasteiger partial charge < -0.3 is 30.7 Å². The van der Waals surface area contributed by atoms with Gasteiger partial charge in [0.1, 0.15) is 5.54 Å². The number of aromatic nitrogens is 3. The van der Waals surface area contributed by atoms with Crippen LogP contribution in [0.3, 0.4) is 0 Å². The molecule has 1 heterocycles. The third-order valence-electron chi connectivity index (χ3n) is 2.40. The molecule has 0 saturated heterocycles. The lowest BCUT2D eigenvalue weighted by Crippen LogP contribution is -2.49. The molecular formula is C10H19N5O4. The summed E-state index contributed by atoms with van der Waals surface area (Å²) in [5.41, 5.74) is -1.31. The number of aliphatic hydroxyl groups is 3. The summed E-state index contributed by atoms with van der Waals surface area (Å²) in [7, 11) is 1.63. The standard InChI is InChI=1S/C10H19N5O4/c1-3-19-9-13-7(11-2)12-8(14-9)15-10(4-16,5-17)6-18/h16-18H,3-6H2,1-2H3,(H2,11,12,13,14,15). The van der Waals surface area contributed by atoms with E-state index in [-0.39, 0.29) is 17.9 Å². The Hall–Kier alpha value is -1.71. The molecule has 0 saturated carbocycles. The minimum Gasteiger partial charge on any atom is -0.464 e. The molecule has 19 heavy (non-hydrogen) atoms. The van der Waals surface area contributed by atoms with E-state index in [0.29, 0.717) is 6.61 Å². The summed E-state index contributed by atoms with van der Waals surface area (Å²) in [4.78, 5) is 11.9. The van der Waals surface area contributed by atoms with Gasteiger partial charge >= 0.3 is 6.01 Å². The first-order valence-electron chi connectivity index (χ1n) is 5.80. The Morgan fingerprint density at radius 1 is 1.05 bits per heavy atom. The Bertz CT molecular complexity index is 391. The first kappa shape index (κ1) is 15.3. The first-order valence-corrected chi connectivity index (χ1v) is 5.80. The summed E-state index contributed by atoms with van der Waals surface area (Å²) in [5.74, 6) is 0.351. The van der Waals surface area contributed by atoms with Crippen LogP contribution in [0.2, 0.25) is 0 Å². The third kappa shape index (κ3) is 3.88. The number of anilines is 2. The van der Waals surface area contributed by atoms with Crippen molar-refractivity contribution in [3.63, 3.8) is 0 Å². The molecule has 5 N–H and O–H groups in total. The number of hydrogen-bond donors (Lipinski definition) is 5. The van der Waals surface area contributed by atoms with Crippen molar-refractivity contribution in [2.24, 2.45) is 0 Å². The van der Waals surface area contributed by atoms with Crippen LogP contribution in [0.4, 0.5) is 11.9 Å². The first-order chi connectivity index (χ1) is 9.12. The Balaban J connectivity index is 3.01. The Morgan fingerprint density at radius 2 is 1.63 bits per heavy atom. The van der Waals surface area contributed by atoms with E-state index in [2.05, 4.69) is 25.6 Å². The predicted octanol–water partition coefficient (Wildman–Crippen LogP) is -1.56. The van der Waals surface area contributed by atoms with Crippen LogP contribution in [0.15, 0.2) is 0 Å². The van der Waals surface area contributed by atoms with Gasteiger partial charge in [0, 0.05) is 7.05 Å². The van der Waals surface area contributed by atoms with Crippen LogP contribution in [0.25, 0.3) is 0 Å². The highest BCUT2D eigenvalue weighted by molar-refractivity contribution is 5.38. The topological polar surface area (TPSA) is 133 Å². The van der Waals surface area contributed by atoms with Gasteiger partial charge in [-0.15, -0.1) is 0 Å². The minimum atomic E-state index is -1.31. The Morgan fingerprint density at radius 3 is 2.11 bits per heavy atom. The maximum Gasteiger partial charge on any atom is 0.323 e. The van der Waals surface area contributed by atoms with Crippen LogP contribution < -0.4 is 15.4 Å². The summed E-state index contributed by atoms with van der Waals surface area (Å²) in [6, 6.07) is 0.104. The van der Waals surface area contributed by atoms with Crippen LogP contribution in [0.1, 0.15) is 6.92 Å². The maximum atomic E-state index is 9.24. The van der Waals surface area contributed by atoms with Gasteiger partial charge in [-0.1, -0.05) is 0 Å².